The number of benzene rings is 1. The first-order valence-electron chi connectivity index (χ1n) is 15.7. The predicted molar refractivity (Wildman–Crippen MR) is 162 cm³/mol. The van der Waals surface area contributed by atoms with Gasteiger partial charge in [0.15, 0.2) is 22.9 Å². The van der Waals surface area contributed by atoms with E-state index in [0.717, 1.165) is 22.3 Å². The average molecular weight is 655 g/mol. The van der Waals surface area contributed by atoms with Crippen molar-refractivity contribution in [2.45, 2.75) is 76.7 Å². The van der Waals surface area contributed by atoms with Gasteiger partial charge in [-0.25, -0.2) is 4.57 Å². The zero-order valence-corrected chi connectivity index (χ0v) is 26.6. The number of aliphatic hydroxyl groups is 2. The maximum absolute atomic E-state index is 14.2. The van der Waals surface area contributed by atoms with Crippen molar-refractivity contribution in [3.8, 4) is 0 Å². The van der Waals surface area contributed by atoms with Crippen molar-refractivity contribution in [2.24, 2.45) is 28.6 Å². The lowest BCUT2D eigenvalue weighted by Gasteiger charge is -2.59. The first-order chi connectivity index (χ1) is 21.8. The highest BCUT2D eigenvalue weighted by molar-refractivity contribution is 7.46. The minimum atomic E-state index is -4.97. The van der Waals surface area contributed by atoms with Crippen LogP contribution in [0.1, 0.15) is 68.3 Å². The number of furan rings is 1. The van der Waals surface area contributed by atoms with Gasteiger partial charge in [-0.3, -0.25) is 14.1 Å². The Balaban J connectivity index is 1.20. The van der Waals surface area contributed by atoms with Crippen LogP contribution in [0.3, 0.4) is 0 Å². The van der Waals surface area contributed by atoms with E-state index in [2.05, 4.69) is 6.92 Å². The van der Waals surface area contributed by atoms with E-state index in [1.165, 1.54) is 0 Å². The van der Waals surface area contributed by atoms with Crippen molar-refractivity contribution >= 4 is 19.4 Å². The molecule has 4 aliphatic carbocycles. The molecule has 4 fully saturated rings. The Hall–Kier alpha value is -2.73. The van der Waals surface area contributed by atoms with Gasteiger partial charge in [-0.05, 0) is 72.4 Å². The molecular weight excluding hydrogens is 615 g/mol. The number of allylic oxidation sites excluding steroid dienone is 4. The lowest BCUT2D eigenvalue weighted by molar-refractivity contribution is -0.203. The number of carbonyl (C=O) groups excluding carboxylic acids is 2. The van der Waals surface area contributed by atoms with Gasteiger partial charge in [0.1, 0.15) is 6.61 Å². The summed E-state index contributed by atoms with van der Waals surface area (Å²) in [5.41, 5.74) is 0.540. The predicted octanol–water partition coefficient (Wildman–Crippen LogP) is 4.08. The van der Waals surface area contributed by atoms with Crippen molar-refractivity contribution in [3.63, 3.8) is 0 Å². The first kappa shape index (κ1) is 31.8. The summed E-state index contributed by atoms with van der Waals surface area (Å²) in [5.74, 6) is -0.692. The number of hydrogen-bond acceptors (Lipinski definition) is 9. The molecule has 2 heterocycles. The second kappa shape index (κ2) is 11.2. The largest absolute Gasteiger partial charge is 0.470 e. The quantitative estimate of drug-likeness (QED) is 0.302. The standard InChI is InChI=1S/C34H39O11P/c1-32-10-9-23(36)13-22(32)7-8-24-25-14-29-34(28(38)18-43-46(39,40)41,33(25,2)15-26(37)30(24)32)45-31(44-29)27-12-21(17-42-27)11-19-3-5-20(16-35)6-4-19/h3-6,9-10,12-13,17,24-26,29-31,35,37H,7-8,11,14-16,18H2,1-2H3,(H2,39,40,41)/t24-,25-,26-,29+,30+,31+,32-,33-,34+/m0/s1. The molecule has 46 heavy (non-hydrogen) atoms. The zero-order valence-electron chi connectivity index (χ0n) is 25.7. The number of hydrogen-bond donors (Lipinski definition) is 4. The van der Waals surface area contributed by atoms with Gasteiger partial charge in [0.2, 0.25) is 6.29 Å². The fourth-order valence-corrected chi connectivity index (χ4v) is 9.84. The van der Waals surface area contributed by atoms with Crippen molar-refractivity contribution in [1.82, 2.24) is 0 Å². The molecule has 12 heteroatoms. The maximum Gasteiger partial charge on any atom is 0.470 e. The molecule has 0 spiro atoms. The minimum Gasteiger partial charge on any atom is -0.464 e. The summed E-state index contributed by atoms with van der Waals surface area (Å²) in [5, 5.41) is 21.2. The van der Waals surface area contributed by atoms with Crippen LogP contribution in [0.4, 0.5) is 0 Å². The lowest BCUT2D eigenvalue weighted by atomic mass is 9.46. The summed E-state index contributed by atoms with van der Waals surface area (Å²) in [6.45, 7) is 3.05. The van der Waals surface area contributed by atoms with Gasteiger partial charge in [-0.1, -0.05) is 49.8 Å². The third kappa shape index (κ3) is 4.95. The number of phosphoric ester groups is 1. The van der Waals surface area contributed by atoms with E-state index in [4.69, 9.17) is 18.4 Å². The third-order valence-corrected chi connectivity index (χ3v) is 12.0. The number of carbonyl (C=O) groups is 2. The molecule has 1 aliphatic heterocycles. The topological polar surface area (TPSA) is 173 Å². The van der Waals surface area contributed by atoms with E-state index in [1.807, 2.05) is 37.3 Å². The number of ether oxygens (including phenoxy) is 2. The van der Waals surface area contributed by atoms with Crippen LogP contribution in [-0.2, 0) is 41.2 Å². The monoisotopic (exact) mass is 654 g/mol. The summed E-state index contributed by atoms with van der Waals surface area (Å²) in [6, 6.07) is 9.35. The van der Waals surface area contributed by atoms with Gasteiger partial charge in [-0.2, -0.15) is 0 Å². The normalized spacial score (nSPS) is 38.1. The maximum atomic E-state index is 14.2. The van der Waals surface area contributed by atoms with Crippen molar-refractivity contribution < 1.29 is 52.6 Å². The Morgan fingerprint density at radius 1 is 1.13 bits per heavy atom. The van der Waals surface area contributed by atoms with E-state index in [-0.39, 0.29) is 36.6 Å². The number of aliphatic hydroxyl groups excluding tert-OH is 2. The van der Waals surface area contributed by atoms with Gasteiger partial charge in [0.25, 0.3) is 0 Å². The Kier molecular flexibility index (Phi) is 7.74. The Morgan fingerprint density at radius 3 is 2.59 bits per heavy atom. The summed E-state index contributed by atoms with van der Waals surface area (Å²) in [6.07, 6.45) is 6.64. The van der Waals surface area contributed by atoms with Crippen LogP contribution >= 0.6 is 7.82 Å². The van der Waals surface area contributed by atoms with Crippen LogP contribution in [0.5, 0.6) is 0 Å². The van der Waals surface area contributed by atoms with E-state index >= 15 is 0 Å². The van der Waals surface area contributed by atoms with Crippen LogP contribution in [0, 0.1) is 28.6 Å². The molecule has 5 aliphatic rings. The van der Waals surface area contributed by atoms with Crippen molar-refractivity contribution in [3.05, 3.63) is 82.8 Å². The van der Waals surface area contributed by atoms with Gasteiger partial charge < -0.3 is 33.9 Å². The molecule has 0 amide bonds. The minimum absolute atomic E-state index is 0.0233. The zero-order chi connectivity index (χ0) is 32.6. The average Bonchev–Trinajstić information content (AvgIpc) is 3.69. The van der Waals surface area contributed by atoms with Crippen LogP contribution in [0.15, 0.2) is 64.8 Å². The molecule has 4 N–H and O–H groups in total. The number of fused-ring (bicyclic) bond motifs is 7. The molecule has 11 nitrogen and oxygen atoms in total. The first-order valence-corrected chi connectivity index (χ1v) is 17.3. The highest BCUT2D eigenvalue weighted by atomic mass is 31.2. The Morgan fingerprint density at radius 2 is 1.87 bits per heavy atom. The van der Waals surface area contributed by atoms with Gasteiger partial charge in [0, 0.05) is 23.2 Å². The molecule has 0 radical (unpaired) electrons. The van der Waals surface area contributed by atoms with Crippen LogP contribution < -0.4 is 0 Å². The smallest absolute Gasteiger partial charge is 0.464 e. The van der Waals surface area contributed by atoms with E-state index < -0.39 is 55.1 Å². The fraction of sp³-hybridized carbons (Fsp3) is 0.529. The highest BCUT2D eigenvalue weighted by Crippen LogP contribution is 2.70. The highest BCUT2D eigenvalue weighted by Gasteiger charge is 2.76. The van der Waals surface area contributed by atoms with Crippen LogP contribution in [0.25, 0.3) is 0 Å². The second-order valence-corrected chi connectivity index (χ2v) is 15.2. The fourth-order valence-electron chi connectivity index (χ4n) is 9.55. The number of rotatable bonds is 8. The Labute approximate surface area is 266 Å². The molecule has 3 saturated carbocycles. The Bertz CT molecular complexity index is 1650. The van der Waals surface area contributed by atoms with Crippen molar-refractivity contribution in [2.75, 3.05) is 6.61 Å². The van der Waals surface area contributed by atoms with Crippen LogP contribution in [-0.4, -0.2) is 56.0 Å². The molecular formula is C34H39O11P. The molecule has 1 aromatic carbocycles. The van der Waals surface area contributed by atoms with E-state index in [1.54, 1.807) is 24.5 Å². The molecule has 9 atom stereocenters. The molecule has 1 saturated heterocycles. The summed E-state index contributed by atoms with van der Waals surface area (Å²) in [7, 11) is -4.97. The molecule has 0 bridgehead atoms. The third-order valence-electron chi connectivity index (χ3n) is 11.5. The van der Waals surface area contributed by atoms with Gasteiger partial charge >= 0.3 is 7.82 Å². The molecule has 2 aromatic rings. The molecule has 7 rings (SSSR count). The summed E-state index contributed by atoms with van der Waals surface area (Å²) >= 11 is 0. The summed E-state index contributed by atoms with van der Waals surface area (Å²) in [4.78, 5) is 45.3. The number of Topliss-reactive ketones (excluding diaryl/α,β-unsaturated/α-hetero) is 1. The molecule has 246 valence electrons. The molecule has 1 aromatic heterocycles. The van der Waals surface area contributed by atoms with Crippen LogP contribution in [0.2, 0.25) is 0 Å². The number of ketones is 2. The van der Waals surface area contributed by atoms with Crippen molar-refractivity contribution in [1.29, 1.82) is 0 Å². The number of phosphoric acid groups is 1. The second-order valence-electron chi connectivity index (χ2n) is 14.0. The van der Waals surface area contributed by atoms with Gasteiger partial charge in [0.05, 0.1) is 25.1 Å². The lowest BCUT2D eigenvalue weighted by Crippen LogP contribution is -2.63. The molecule has 0 unspecified atom stereocenters. The van der Waals surface area contributed by atoms with Gasteiger partial charge in [-0.15, -0.1) is 0 Å². The summed E-state index contributed by atoms with van der Waals surface area (Å²) < 4.78 is 35.3. The van der Waals surface area contributed by atoms with E-state index in [0.29, 0.717) is 31.4 Å². The SMILES string of the molecule is C[C@]12C=CC(=O)C=C1CC[C@@H]1[C@@H]2[C@@H](O)C[C@@]2(C)[C@H]1C[C@H]1O[C@@H](c3cc(Cc4ccc(CO)cc4)co3)O[C@]12C(=O)COP(=O)(O)O. The van der Waals surface area contributed by atoms with E-state index in [9.17, 15) is 34.2 Å².